The minimum absolute atomic E-state index is 0.341. The van der Waals surface area contributed by atoms with Crippen LogP contribution in [0.15, 0.2) is 41.4 Å². The van der Waals surface area contributed by atoms with Crippen LogP contribution in [0, 0.1) is 0 Å². The topological polar surface area (TPSA) is 41.9 Å². The molecule has 2 rings (SSSR count). The Morgan fingerprint density at radius 1 is 1.25 bits per heavy atom. The van der Waals surface area contributed by atoms with Gasteiger partial charge in [-0.1, -0.05) is 36.4 Å². The highest BCUT2D eigenvalue weighted by molar-refractivity contribution is 6.05. The molecule has 1 amide bonds. The van der Waals surface area contributed by atoms with Crippen LogP contribution in [0.1, 0.15) is 26.3 Å². The quantitative estimate of drug-likeness (QED) is 0.828. The van der Waals surface area contributed by atoms with E-state index in [0.29, 0.717) is 18.9 Å². The molecule has 1 aliphatic heterocycles. The Morgan fingerprint density at radius 3 is 2.60 bits per heavy atom. The number of amidine groups is 1. The van der Waals surface area contributed by atoms with E-state index < -0.39 is 5.60 Å². The molecule has 0 N–H and O–H groups in total. The molecule has 0 atom stereocenters. The van der Waals surface area contributed by atoms with Gasteiger partial charge in [0.15, 0.2) is 0 Å². The summed E-state index contributed by atoms with van der Waals surface area (Å²) in [6.07, 6.45) is 3.46. The Labute approximate surface area is 119 Å². The number of amides is 1. The number of aliphatic imine (C=N–C) groups is 1. The highest BCUT2D eigenvalue weighted by Crippen LogP contribution is 2.13. The van der Waals surface area contributed by atoms with E-state index in [1.165, 1.54) is 0 Å². The largest absolute Gasteiger partial charge is 0.443 e. The fourth-order valence-corrected chi connectivity index (χ4v) is 1.84. The third-order valence-electron chi connectivity index (χ3n) is 2.71. The van der Waals surface area contributed by atoms with Crippen LogP contribution >= 0.6 is 0 Å². The number of hydrogen-bond donors (Lipinski definition) is 0. The normalized spacial score (nSPS) is 15.6. The standard InChI is InChI=1S/C16H20N2O2/c1-16(2,3)20-15(19)18-12-11-17-14(18)10-9-13-7-5-4-6-8-13/h4-10H,11-12H2,1-3H3/b10-9+. The van der Waals surface area contributed by atoms with Crippen molar-refractivity contribution in [3.8, 4) is 0 Å². The van der Waals surface area contributed by atoms with Gasteiger partial charge in [-0.15, -0.1) is 0 Å². The molecule has 0 fully saturated rings. The van der Waals surface area contributed by atoms with E-state index in [9.17, 15) is 4.79 Å². The number of ether oxygens (including phenoxy) is 1. The number of carbonyl (C=O) groups is 1. The molecule has 1 aromatic rings. The van der Waals surface area contributed by atoms with E-state index in [2.05, 4.69) is 4.99 Å². The summed E-state index contributed by atoms with van der Waals surface area (Å²) in [7, 11) is 0. The molecule has 0 aliphatic carbocycles. The minimum atomic E-state index is -0.492. The molecule has 4 nitrogen and oxygen atoms in total. The summed E-state index contributed by atoms with van der Waals surface area (Å²) in [6.45, 7) is 6.77. The van der Waals surface area contributed by atoms with Gasteiger partial charge in [-0.3, -0.25) is 9.89 Å². The molecule has 4 heteroatoms. The molecule has 106 valence electrons. The zero-order valence-electron chi connectivity index (χ0n) is 12.2. The highest BCUT2D eigenvalue weighted by atomic mass is 16.6. The predicted octanol–water partition coefficient (Wildman–Crippen LogP) is 3.35. The van der Waals surface area contributed by atoms with Gasteiger partial charge in [0.2, 0.25) is 0 Å². The number of rotatable bonds is 2. The third kappa shape index (κ3) is 3.95. The Balaban J connectivity index is 2.04. The van der Waals surface area contributed by atoms with E-state index in [-0.39, 0.29) is 6.09 Å². The van der Waals surface area contributed by atoms with Crippen molar-refractivity contribution >= 4 is 18.0 Å². The summed E-state index contributed by atoms with van der Waals surface area (Å²) in [5, 5.41) is 0. The SMILES string of the molecule is CC(C)(C)OC(=O)N1CCN=C1/C=C/c1ccccc1. The average molecular weight is 272 g/mol. The van der Waals surface area contributed by atoms with E-state index in [4.69, 9.17) is 4.74 Å². The molecule has 20 heavy (non-hydrogen) atoms. The van der Waals surface area contributed by atoms with Crippen molar-refractivity contribution in [2.24, 2.45) is 4.99 Å². The molecular weight excluding hydrogens is 252 g/mol. The van der Waals surface area contributed by atoms with Gasteiger partial charge >= 0.3 is 6.09 Å². The van der Waals surface area contributed by atoms with Crippen LogP contribution in [0.2, 0.25) is 0 Å². The van der Waals surface area contributed by atoms with Crippen LogP contribution in [0.4, 0.5) is 4.79 Å². The molecule has 0 spiro atoms. The first-order valence-electron chi connectivity index (χ1n) is 6.74. The lowest BCUT2D eigenvalue weighted by atomic mass is 10.2. The van der Waals surface area contributed by atoms with E-state index in [1.807, 2.05) is 63.3 Å². The van der Waals surface area contributed by atoms with Crippen molar-refractivity contribution in [1.82, 2.24) is 4.90 Å². The zero-order chi connectivity index (χ0) is 14.6. The maximum absolute atomic E-state index is 12.1. The summed E-state index contributed by atoms with van der Waals surface area (Å²) in [4.78, 5) is 18.0. The van der Waals surface area contributed by atoms with E-state index >= 15 is 0 Å². The first kappa shape index (κ1) is 14.3. The fourth-order valence-electron chi connectivity index (χ4n) is 1.84. The second-order valence-corrected chi connectivity index (χ2v) is 5.62. The number of nitrogens with zero attached hydrogens (tertiary/aromatic N) is 2. The lowest BCUT2D eigenvalue weighted by molar-refractivity contribution is 0.0385. The van der Waals surface area contributed by atoms with Gasteiger partial charge in [0, 0.05) is 0 Å². The maximum atomic E-state index is 12.1. The molecule has 0 saturated heterocycles. The molecule has 0 aromatic heterocycles. The van der Waals surface area contributed by atoms with Crippen molar-refractivity contribution in [2.75, 3.05) is 13.1 Å². The number of hydrogen-bond acceptors (Lipinski definition) is 3. The summed E-state index contributed by atoms with van der Waals surface area (Å²) in [5.74, 6) is 0.656. The van der Waals surface area contributed by atoms with Crippen molar-refractivity contribution in [1.29, 1.82) is 0 Å². The van der Waals surface area contributed by atoms with Crippen LogP contribution in [0.5, 0.6) is 0 Å². The molecule has 1 heterocycles. The number of carbonyl (C=O) groups excluding carboxylic acids is 1. The molecule has 0 bridgehead atoms. The number of benzene rings is 1. The van der Waals surface area contributed by atoms with Crippen molar-refractivity contribution in [2.45, 2.75) is 26.4 Å². The second kappa shape index (κ2) is 5.90. The maximum Gasteiger partial charge on any atom is 0.416 e. The molecular formula is C16H20N2O2. The molecule has 0 saturated carbocycles. The first-order valence-corrected chi connectivity index (χ1v) is 6.74. The van der Waals surface area contributed by atoms with Crippen LogP contribution in [0.25, 0.3) is 6.08 Å². The first-order chi connectivity index (χ1) is 9.46. The minimum Gasteiger partial charge on any atom is -0.443 e. The molecule has 0 unspecified atom stereocenters. The zero-order valence-corrected chi connectivity index (χ0v) is 12.2. The Kier molecular flexibility index (Phi) is 4.23. The summed E-state index contributed by atoms with van der Waals surface area (Å²) in [6, 6.07) is 9.93. The molecule has 1 aliphatic rings. The van der Waals surface area contributed by atoms with Crippen LogP contribution in [0.3, 0.4) is 0 Å². The van der Waals surface area contributed by atoms with Crippen molar-refractivity contribution in [3.63, 3.8) is 0 Å². The van der Waals surface area contributed by atoms with Gasteiger partial charge < -0.3 is 4.74 Å². The van der Waals surface area contributed by atoms with E-state index in [1.54, 1.807) is 4.90 Å². The molecule has 0 radical (unpaired) electrons. The Morgan fingerprint density at radius 2 is 1.95 bits per heavy atom. The van der Waals surface area contributed by atoms with Gasteiger partial charge in [-0.05, 0) is 32.4 Å². The van der Waals surface area contributed by atoms with Gasteiger partial charge in [-0.25, -0.2) is 4.79 Å². The van der Waals surface area contributed by atoms with E-state index in [0.717, 1.165) is 5.56 Å². The third-order valence-corrected chi connectivity index (χ3v) is 2.71. The molecule has 1 aromatic carbocycles. The van der Waals surface area contributed by atoms with Gasteiger partial charge in [-0.2, -0.15) is 0 Å². The van der Waals surface area contributed by atoms with Crippen molar-refractivity contribution in [3.05, 3.63) is 42.0 Å². The second-order valence-electron chi connectivity index (χ2n) is 5.62. The summed E-state index contributed by atoms with van der Waals surface area (Å²) >= 11 is 0. The Hall–Kier alpha value is -2.10. The lowest BCUT2D eigenvalue weighted by Gasteiger charge is -2.24. The van der Waals surface area contributed by atoms with Crippen LogP contribution < -0.4 is 0 Å². The van der Waals surface area contributed by atoms with Gasteiger partial charge in [0.1, 0.15) is 11.4 Å². The van der Waals surface area contributed by atoms with Crippen LogP contribution in [-0.4, -0.2) is 35.5 Å². The van der Waals surface area contributed by atoms with Gasteiger partial charge in [0.25, 0.3) is 0 Å². The lowest BCUT2D eigenvalue weighted by Crippen LogP contribution is -2.38. The fraction of sp³-hybridized carbons (Fsp3) is 0.375. The van der Waals surface area contributed by atoms with Crippen LogP contribution in [-0.2, 0) is 4.74 Å². The average Bonchev–Trinajstić information content (AvgIpc) is 2.84. The summed E-state index contributed by atoms with van der Waals surface area (Å²) < 4.78 is 5.38. The smallest absolute Gasteiger partial charge is 0.416 e. The predicted molar refractivity (Wildman–Crippen MR) is 80.7 cm³/mol. The van der Waals surface area contributed by atoms with Gasteiger partial charge in [0.05, 0.1) is 13.1 Å². The highest BCUT2D eigenvalue weighted by Gasteiger charge is 2.26. The monoisotopic (exact) mass is 272 g/mol. The summed E-state index contributed by atoms with van der Waals surface area (Å²) in [5.41, 5.74) is 0.583. The Bertz CT molecular complexity index is 527. The van der Waals surface area contributed by atoms with Crippen molar-refractivity contribution < 1.29 is 9.53 Å².